The number of carbonyl (C=O) groups is 1. The summed E-state index contributed by atoms with van der Waals surface area (Å²) in [6.07, 6.45) is 4.12. The second kappa shape index (κ2) is 6.48. The van der Waals surface area contributed by atoms with Crippen LogP contribution in [0.1, 0.15) is 31.2 Å². The van der Waals surface area contributed by atoms with Crippen molar-refractivity contribution in [3.8, 4) is 0 Å². The predicted octanol–water partition coefficient (Wildman–Crippen LogP) is 2.54. The molecule has 1 aliphatic carbocycles. The zero-order valence-electron chi connectivity index (χ0n) is 11.3. The summed E-state index contributed by atoms with van der Waals surface area (Å²) in [5, 5.41) is 0. The molecule has 20 heavy (non-hydrogen) atoms. The topological polar surface area (TPSA) is 51.2 Å². The number of carbonyl (C=O) groups excluding carboxylic acids is 1. The molecule has 0 unspecified atom stereocenters. The number of hydrogen-bond acceptors (Lipinski definition) is 3. The number of benzene rings is 1. The molecule has 0 radical (unpaired) electrons. The lowest BCUT2D eigenvalue weighted by atomic mass is 10.1. The molecule has 0 atom stereocenters. The number of Topliss-reactive ketones (excluding diaryl/α,β-unsaturated/α-hetero) is 1. The van der Waals surface area contributed by atoms with E-state index in [9.17, 15) is 17.6 Å². The highest BCUT2D eigenvalue weighted by atomic mass is 32.2. The van der Waals surface area contributed by atoms with Gasteiger partial charge in [-0.1, -0.05) is 25.0 Å². The Balaban J connectivity index is 1.88. The van der Waals surface area contributed by atoms with Crippen LogP contribution in [0.15, 0.2) is 24.3 Å². The maximum atomic E-state index is 12.7. The summed E-state index contributed by atoms with van der Waals surface area (Å²) in [4.78, 5) is 11.8. The molecule has 0 aromatic heterocycles. The lowest BCUT2D eigenvalue weighted by Gasteiger charge is -2.09. The first-order valence-corrected chi connectivity index (χ1v) is 8.73. The van der Waals surface area contributed by atoms with E-state index >= 15 is 0 Å². The summed E-state index contributed by atoms with van der Waals surface area (Å²) in [5.74, 6) is -0.744. The third-order valence-corrected chi connectivity index (χ3v) is 5.40. The van der Waals surface area contributed by atoms with Crippen LogP contribution in [0, 0.1) is 11.7 Å². The van der Waals surface area contributed by atoms with Crippen LogP contribution in [0.3, 0.4) is 0 Å². The monoisotopic (exact) mass is 298 g/mol. The zero-order chi connectivity index (χ0) is 14.6. The number of sulfone groups is 1. The van der Waals surface area contributed by atoms with Crippen LogP contribution >= 0.6 is 0 Å². The molecule has 1 aromatic carbocycles. The summed E-state index contributed by atoms with van der Waals surface area (Å²) < 4.78 is 36.7. The summed E-state index contributed by atoms with van der Waals surface area (Å²) in [7, 11) is -3.32. The Kier molecular flexibility index (Phi) is 4.91. The van der Waals surface area contributed by atoms with E-state index in [0.29, 0.717) is 5.56 Å². The van der Waals surface area contributed by atoms with Gasteiger partial charge < -0.3 is 0 Å². The predicted molar refractivity (Wildman–Crippen MR) is 75.7 cm³/mol. The molecule has 5 heteroatoms. The van der Waals surface area contributed by atoms with Gasteiger partial charge in [0.05, 0.1) is 5.75 Å². The zero-order valence-corrected chi connectivity index (χ0v) is 12.2. The van der Waals surface area contributed by atoms with E-state index in [-0.39, 0.29) is 29.7 Å². The van der Waals surface area contributed by atoms with E-state index < -0.39 is 15.6 Å². The normalized spacial score (nSPS) is 16.4. The van der Waals surface area contributed by atoms with Gasteiger partial charge in [0.25, 0.3) is 0 Å². The maximum Gasteiger partial charge on any atom is 0.157 e. The van der Waals surface area contributed by atoms with Crippen LogP contribution in [0.4, 0.5) is 4.39 Å². The molecule has 0 spiro atoms. The molecule has 1 aliphatic rings. The molecular formula is C15H19FO3S. The van der Waals surface area contributed by atoms with Gasteiger partial charge in [0, 0.05) is 6.42 Å². The van der Waals surface area contributed by atoms with Crippen molar-refractivity contribution in [1.29, 1.82) is 0 Å². The first-order valence-electron chi connectivity index (χ1n) is 6.91. The summed E-state index contributed by atoms with van der Waals surface area (Å²) >= 11 is 0. The molecule has 0 saturated heterocycles. The second-order valence-electron chi connectivity index (χ2n) is 5.55. The fourth-order valence-corrected chi connectivity index (χ4v) is 4.48. The molecule has 1 aromatic rings. The van der Waals surface area contributed by atoms with Crippen molar-refractivity contribution in [2.75, 3.05) is 11.5 Å². The molecule has 3 nitrogen and oxygen atoms in total. The average molecular weight is 298 g/mol. The van der Waals surface area contributed by atoms with Crippen molar-refractivity contribution in [2.45, 2.75) is 32.1 Å². The summed E-state index contributed by atoms with van der Waals surface area (Å²) in [5.41, 5.74) is 0.646. The van der Waals surface area contributed by atoms with E-state index in [0.717, 1.165) is 25.7 Å². The van der Waals surface area contributed by atoms with Gasteiger partial charge in [-0.3, -0.25) is 4.79 Å². The first-order chi connectivity index (χ1) is 9.44. The third-order valence-electron chi connectivity index (χ3n) is 3.66. The van der Waals surface area contributed by atoms with Crippen LogP contribution in [0.5, 0.6) is 0 Å². The lowest BCUT2D eigenvalue weighted by Crippen LogP contribution is -2.23. The summed E-state index contributed by atoms with van der Waals surface area (Å²) in [6, 6.07) is 5.57. The van der Waals surface area contributed by atoms with E-state index in [1.54, 1.807) is 0 Å². The lowest BCUT2D eigenvalue weighted by molar-refractivity contribution is -0.116. The molecule has 2 rings (SSSR count). The quantitative estimate of drug-likeness (QED) is 0.811. The van der Waals surface area contributed by atoms with Gasteiger partial charge in [-0.05, 0) is 36.5 Å². The fraction of sp³-hybridized carbons (Fsp3) is 0.533. The molecular weight excluding hydrogens is 279 g/mol. The second-order valence-corrected chi connectivity index (χ2v) is 7.66. The maximum absolute atomic E-state index is 12.7. The van der Waals surface area contributed by atoms with Crippen LogP contribution in [0.25, 0.3) is 0 Å². The Bertz CT molecular complexity index is 557. The summed E-state index contributed by atoms with van der Waals surface area (Å²) in [6.45, 7) is 0. The van der Waals surface area contributed by atoms with Gasteiger partial charge >= 0.3 is 0 Å². The van der Waals surface area contributed by atoms with Crippen molar-refractivity contribution in [1.82, 2.24) is 0 Å². The first kappa shape index (κ1) is 15.2. The molecule has 0 heterocycles. The van der Waals surface area contributed by atoms with Gasteiger partial charge in [-0.15, -0.1) is 0 Å². The Labute approximate surface area is 119 Å². The molecule has 0 bridgehead atoms. The largest absolute Gasteiger partial charge is 0.298 e. The number of hydrogen-bond donors (Lipinski definition) is 0. The fourth-order valence-electron chi connectivity index (χ4n) is 2.72. The highest BCUT2D eigenvalue weighted by Crippen LogP contribution is 2.26. The van der Waals surface area contributed by atoms with Crippen molar-refractivity contribution in [3.05, 3.63) is 35.6 Å². The molecule has 1 fully saturated rings. The third kappa shape index (κ3) is 4.71. The highest BCUT2D eigenvalue weighted by Gasteiger charge is 2.24. The van der Waals surface area contributed by atoms with E-state index in [4.69, 9.17) is 0 Å². The number of ketones is 1. The molecule has 0 amide bonds. The van der Waals surface area contributed by atoms with Crippen molar-refractivity contribution in [2.24, 2.45) is 5.92 Å². The Morgan fingerprint density at radius 2 is 1.75 bits per heavy atom. The van der Waals surface area contributed by atoms with E-state index in [2.05, 4.69) is 0 Å². The average Bonchev–Trinajstić information content (AvgIpc) is 2.83. The van der Waals surface area contributed by atoms with Crippen LogP contribution in [-0.4, -0.2) is 25.7 Å². The van der Waals surface area contributed by atoms with Crippen LogP contribution in [0.2, 0.25) is 0 Å². The van der Waals surface area contributed by atoms with Crippen molar-refractivity contribution < 1.29 is 17.6 Å². The minimum Gasteiger partial charge on any atom is -0.298 e. The molecule has 0 aliphatic heterocycles. The number of halogens is 1. The van der Waals surface area contributed by atoms with E-state index in [1.165, 1.54) is 24.3 Å². The molecule has 110 valence electrons. The van der Waals surface area contributed by atoms with Crippen LogP contribution < -0.4 is 0 Å². The highest BCUT2D eigenvalue weighted by molar-refractivity contribution is 7.92. The Morgan fingerprint density at radius 1 is 1.15 bits per heavy atom. The minimum atomic E-state index is -3.32. The Hall–Kier alpha value is -1.23. The van der Waals surface area contributed by atoms with Crippen molar-refractivity contribution >= 4 is 15.6 Å². The standard InChI is InChI=1S/C15H19FO3S/c16-14-7-5-12(6-8-14)9-15(17)11-20(18,19)10-13-3-1-2-4-13/h5-8,13H,1-4,9-11H2. The van der Waals surface area contributed by atoms with Gasteiger partial charge in [-0.25, -0.2) is 12.8 Å². The van der Waals surface area contributed by atoms with Gasteiger partial charge in [0.2, 0.25) is 0 Å². The van der Waals surface area contributed by atoms with E-state index in [1.807, 2.05) is 0 Å². The SMILES string of the molecule is O=C(Cc1ccc(F)cc1)CS(=O)(=O)CC1CCCC1. The smallest absolute Gasteiger partial charge is 0.157 e. The van der Waals surface area contributed by atoms with Crippen LogP contribution in [-0.2, 0) is 21.1 Å². The van der Waals surface area contributed by atoms with Gasteiger partial charge in [0.15, 0.2) is 15.6 Å². The minimum absolute atomic E-state index is 0.0458. The van der Waals surface area contributed by atoms with Gasteiger partial charge in [0.1, 0.15) is 11.6 Å². The number of rotatable bonds is 6. The molecule has 1 saturated carbocycles. The van der Waals surface area contributed by atoms with Crippen molar-refractivity contribution in [3.63, 3.8) is 0 Å². The molecule has 0 N–H and O–H groups in total. The Morgan fingerprint density at radius 3 is 2.35 bits per heavy atom. The van der Waals surface area contributed by atoms with Gasteiger partial charge in [-0.2, -0.15) is 0 Å².